The van der Waals surface area contributed by atoms with Crippen molar-refractivity contribution in [3.63, 3.8) is 0 Å². The van der Waals surface area contributed by atoms with Gasteiger partial charge in [0.1, 0.15) is 18.2 Å². The van der Waals surface area contributed by atoms with Gasteiger partial charge in [0, 0.05) is 6.20 Å². The fraction of sp³-hybridized carbons (Fsp3) is 0.235. The molecule has 0 saturated carbocycles. The van der Waals surface area contributed by atoms with Crippen molar-refractivity contribution in [1.29, 1.82) is 0 Å². The van der Waals surface area contributed by atoms with Gasteiger partial charge in [0.2, 0.25) is 0 Å². The van der Waals surface area contributed by atoms with Crippen LogP contribution in [0.2, 0.25) is 0 Å². The number of nitrogens with zero attached hydrogens (tertiary/aromatic N) is 4. The van der Waals surface area contributed by atoms with E-state index in [9.17, 15) is 0 Å². The summed E-state index contributed by atoms with van der Waals surface area (Å²) < 4.78 is 7.35. The first-order valence-corrected chi connectivity index (χ1v) is 7.50. The van der Waals surface area contributed by atoms with Crippen LogP contribution >= 0.6 is 0 Å². The summed E-state index contributed by atoms with van der Waals surface area (Å²) in [4.78, 5) is 0. The quantitative estimate of drug-likeness (QED) is 0.709. The summed E-state index contributed by atoms with van der Waals surface area (Å²) in [6, 6.07) is 13.7. The van der Waals surface area contributed by atoms with E-state index in [4.69, 9.17) is 4.74 Å². The molecular formula is C17H19N5O. The SMILES string of the molecule is Cc1ccc(OCCNc2ccc(-n3ccc(C)n3)nn2)cc1. The minimum atomic E-state index is 0.560. The highest BCUT2D eigenvalue weighted by molar-refractivity contribution is 5.36. The summed E-state index contributed by atoms with van der Waals surface area (Å²) in [6.07, 6.45) is 1.86. The van der Waals surface area contributed by atoms with Gasteiger partial charge in [-0.1, -0.05) is 17.7 Å². The Morgan fingerprint density at radius 1 is 1.00 bits per heavy atom. The third-order valence-electron chi connectivity index (χ3n) is 3.31. The fourth-order valence-electron chi connectivity index (χ4n) is 2.07. The highest BCUT2D eigenvalue weighted by Crippen LogP contribution is 2.11. The molecule has 1 aromatic carbocycles. The van der Waals surface area contributed by atoms with Crippen LogP contribution in [-0.2, 0) is 0 Å². The summed E-state index contributed by atoms with van der Waals surface area (Å²) in [6.45, 7) is 5.21. The summed E-state index contributed by atoms with van der Waals surface area (Å²) in [5.41, 5.74) is 2.17. The van der Waals surface area contributed by atoms with Crippen molar-refractivity contribution in [2.45, 2.75) is 13.8 Å². The van der Waals surface area contributed by atoms with Crippen molar-refractivity contribution in [2.24, 2.45) is 0 Å². The van der Waals surface area contributed by atoms with Gasteiger partial charge in [-0.05, 0) is 44.2 Å². The van der Waals surface area contributed by atoms with Crippen LogP contribution < -0.4 is 10.1 Å². The van der Waals surface area contributed by atoms with Gasteiger partial charge in [-0.25, -0.2) is 4.68 Å². The lowest BCUT2D eigenvalue weighted by Gasteiger charge is -2.08. The predicted octanol–water partition coefficient (Wildman–Crippen LogP) is 2.77. The molecule has 0 saturated heterocycles. The number of hydrogen-bond donors (Lipinski definition) is 1. The van der Waals surface area contributed by atoms with E-state index < -0.39 is 0 Å². The number of ether oxygens (including phenoxy) is 1. The second-order valence-electron chi connectivity index (χ2n) is 5.27. The highest BCUT2D eigenvalue weighted by Gasteiger charge is 2.01. The normalized spacial score (nSPS) is 10.5. The number of aromatic nitrogens is 4. The highest BCUT2D eigenvalue weighted by atomic mass is 16.5. The molecule has 0 spiro atoms. The number of benzene rings is 1. The molecule has 0 radical (unpaired) electrons. The van der Waals surface area contributed by atoms with E-state index in [1.165, 1.54) is 5.56 Å². The molecule has 6 nitrogen and oxygen atoms in total. The number of nitrogens with one attached hydrogen (secondary N) is 1. The topological polar surface area (TPSA) is 64.9 Å². The Bertz CT molecular complexity index is 749. The molecule has 6 heteroatoms. The number of hydrogen-bond acceptors (Lipinski definition) is 5. The second-order valence-corrected chi connectivity index (χ2v) is 5.27. The summed E-state index contributed by atoms with van der Waals surface area (Å²) in [5, 5.41) is 15.8. The second kappa shape index (κ2) is 6.91. The lowest BCUT2D eigenvalue weighted by Crippen LogP contribution is -2.13. The maximum Gasteiger partial charge on any atom is 0.175 e. The van der Waals surface area contributed by atoms with Crippen LogP contribution in [0.3, 0.4) is 0 Å². The predicted molar refractivity (Wildman–Crippen MR) is 89.1 cm³/mol. The molecule has 1 N–H and O–H groups in total. The van der Waals surface area contributed by atoms with Crippen LogP contribution in [-0.4, -0.2) is 33.1 Å². The molecule has 118 valence electrons. The third-order valence-corrected chi connectivity index (χ3v) is 3.31. The Balaban J connectivity index is 1.48. The Kier molecular flexibility index (Phi) is 4.52. The minimum absolute atomic E-state index is 0.560. The third kappa shape index (κ3) is 4.06. The number of anilines is 1. The van der Waals surface area contributed by atoms with Gasteiger partial charge in [-0.15, -0.1) is 10.2 Å². The van der Waals surface area contributed by atoms with Gasteiger partial charge in [-0.2, -0.15) is 5.10 Å². The summed E-state index contributed by atoms with van der Waals surface area (Å²) in [7, 11) is 0. The lowest BCUT2D eigenvalue weighted by molar-refractivity contribution is 0.332. The maximum atomic E-state index is 5.65. The van der Waals surface area contributed by atoms with E-state index in [1.54, 1.807) is 4.68 Å². The van der Waals surface area contributed by atoms with Crippen LogP contribution in [0, 0.1) is 13.8 Å². The van der Waals surface area contributed by atoms with Gasteiger partial charge in [-0.3, -0.25) is 0 Å². The maximum absolute atomic E-state index is 5.65. The molecule has 0 aliphatic carbocycles. The Morgan fingerprint density at radius 3 is 2.48 bits per heavy atom. The average Bonchev–Trinajstić information content (AvgIpc) is 3.00. The molecule has 0 aliphatic rings. The fourth-order valence-corrected chi connectivity index (χ4v) is 2.07. The first-order valence-electron chi connectivity index (χ1n) is 7.50. The molecule has 0 aliphatic heterocycles. The van der Waals surface area contributed by atoms with Crippen molar-refractivity contribution in [1.82, 2.24) is 20.0 Å². The van der Waals surface area contributed by atoms with E-state index in [0.29, 0.717) is 24.8 Å². The van der Waals surface area contributed by atoms with E-state index in [-0.39, 0.29) is 0 Å². The van der Waals surface area contributed by atoms with Crippen LogP contribution in [0.25, 0.3) is 5.82 Å². The van der Waals surface area contributed by atoms with Crippen molar-refractivity contribution in [3.8, 4) is 11.6 Å². The first-order chi connectivity index (χ1) is 11.2. The van der Waals surface area contributed by atoms with E-state index in [1.807, 2.05) is 55.6 Å². The van der Waals surface area contributed by atoms with Gasteiger partial charge in [0.05, 0.1) is 12.2 Å². The van der Waals surface area contributed by atoms with E-state index in [2.05, 4.69) is 27.5 Å². The molecule has 0 amide bonds. The molecule has 0 fully saturated rings. The van der Waals surface area contributed by atoms with Crippen molar-refractivity contribution >= 4 is 5.82 Å². The molecule has 23 heavy (non-hydrogen) atoms. The van der Waals surface area contributed by atoms with E-state index >= 15 is 0 Å². The van der Waals surface area contributed by atoms with Crippen molar-refractivity contribution in [2.75, 3.05) is 18.5 Å². The zero-order valence-corrected chi connectivity index (χ0v) is 13.2. The molecule has 2 heterocycles. The minimum Gasteiger partial charge on any atom is -0.492 e. The van der Waals surface area contributed by atoms with Gasteiger partial charge in [0.25, 0.3) is 0 Å². The van der Waals surface area contributed by atoms with Gasteiger partial charge in [0.15, 0.2) is 5.82 Å². The van der Waals surface area contributed by atoms with Crippen LogP contribution in [0.1, 0.15) is 11.3 Å². The zero-order valence-electron chi connectivity index (χ0n) is 13.2. The first kappa shape index (κ1) is 15.0. The van der Waals surface area contributed by atoms with Gasteiger partial charge < -0.3 is 10.1 Å². The van der Waals surface area contributed by atoms with Crippen molar-refractivity contribution in [3.05, 3.63) is 59.9 Å². The smallest absolute Gasteiger partial charge is 0.175 e. The zero-order chi connectivity index (χ0) is 16.1. The molecule has 0 unspecified atom stereocenters. The van der Waals surface area contributed by atoms with Crippen LogP contribution in [0.4, 0.5) is 5.82 Å². The molecule has 3 rings (SSSR count). The lowest BCUT2D eigenvalue weighted by atomic mass is 10.2. The molecule has 0 bridgehead atoms. The largest absolute Gasteiger partial charge is 0.492 e. The van der Waals surface area contributed by atoms with Crippen LogP contribution in [0.15, 0.2) is 48.7 Å². The average molecular weight is 309 g/mol. The summed E-state index contributed by atoms with van der Waals surface area (Å²) in [5.74, 6) is 2.28. The standard InChI is InChI=1S/C17H19N5O/c1-13-3-5-15(6-4-13)23-12-10-18-16-7-8-17(20-19-16)22-11-9-14(2)21-22/h3-9,11H,10,12H2,1-2H3,(H,18,19). The number of rotatable bonds is 6. The Morgan fingerprint density at radius 2 is 1.83 bits per heavy atom. The molecule has 2 aromatic heterocycles. The molecular weight excluding hydrogens is 290 g/mol. The van der Waals surface area contributed by atoms with Crippen LogP contribution in [0.5, 0.6) is 5.75 Å². The Hall–Kier alpha value is -2.89. The molecule has 3 aromatic rings. The van der Waals surface area contributed by atoms with Crippen molar-refractivity contribution < 1.29 is 4.74 Å². The Labute approximate surface area is 135 Å². The monoisotopic (exact) mass is 309 g/mol. The number of aryl methyl sites for hydroxylation is 2. The van der Waals surface area contributed by atoms with Gasteiger partial charge >= 0.3 is 0 Å². The molecule has 0 atom stereocenters. The summed E-state index contributed by atoms with van der Waals surface area (Å²) >= 11 is 0. The van der Waals surface area contributed by atoms with E-state index in [0.717, 1.165) is 11.4 Å².